The Hall–Kier alpha value is -1.61. The summed E-state index contributed by atoms with van der Waals surface area (Å²) in [4.78, 5) is 1.28. The molecule has 1 heterocycles. The molecule has 20 heavy (non-hydrogen) atoms. The van der Waals surface area contributed by atoms with Gasteiger partial charge >= 0.3 is 0 Å². The van der Waals surface area contributed by atoms with Crippen molar-refractivity contribution in [1.82, 2.24) is 4.57 Å². The zero-order valence-corrected chi connectivity index (χ0v) is 12.8. The van der Waals surface area contributed by atoms with Crippen molar-refractivity contribution in [3.05, 3.63) is 60.9 Å². The van der Waals surface area contributed by atoms with Gasteiger partial charge in [-0.25, -0.2) is 0 Å². The smallest absolute Gasteiger partial charge is 0.0481 e. The van der Waals surface area contributed by atoms with E-state index in [1.165, 1.54) is 22.6 Å². The Kier molecular flexibility index (Phi) is 5.81. The van der Waals surface area contributed by atoms with Crippen LogP contribution in [0.2, 0.25) is 0 Å². The number of hydrogen-bond acceptors (Lipinski definition) is 2. The zero-order valence-electron chi connectivity index (χ0n) is 12.0. The minimum atomic E-state index is 0.863. The van der Waals surface area contributed by atoms with Gasteiger partial charge in [0.2, 0.25) is 0 Å². The average molecular weight is 286 g/mol. The molecule has 1 aromatic carbocycles. The van der Waals surface area contributed by atoms with Crippen LogP contribution in [0.25, 0.3) is 0 Å². The fourth-order valence-electron chi connectivity index (χ4n) is 2.08. The van der Waals surface area contributed by atoms with Crippen molar-refractivity contribution in [3.63, 3.8) is 0 Å². The first-order chi connectivity index (χ1) is 9.83. The van der Waals surface area contributed by atoms with Crippen molar-refractivity contribution >= 4 is 17.4 Å². The number of thioether (sulfide) groups is 1. The molecule has 2 rings (SSSR count). The highest BCUT2D eigenvalue weighted by Crippen LogP contribution is 2.27. The SMILES string of the molecule is C=CCSc1ccccc1NCc1ccn(CCC)c1. The molecule has 1 N–H and O–H groups in total. The lowest BCUT2D eigenvalue weighted by Crippen LogP contribution is -2.00. The van der Waals surface area contributed by atoms with E-state index in [0.717, 1.165) is 18.8 Å². The van der Waals surface area contributed by atoms with Crippen molar-refractivity contribution in [2.24, 2.45) is 0 Å². The highest BCUT2D eigenvalue weighted by molar-refractivity contribution is 7.99. The summed E-state index contributed by atoms with van der Waals surface area (Å²) in [5, 5.41) is 3.53. The molecule has 0 aliphatic carbocycles. The van der Waals surface area contributed by atoms with Crippen LogP contribution in [0.3, 0.4) is 0 Å². The Bertz CT molecular complexity index is 545. The third kappa shape index (κ3) is 4.20. The van der Waals surface area contributed by atoms with Crippen LogP contribution in [0.1, 0.15) is 18.9 Å². The maximum atomic E-state index is 3.78. The van der Waals surface area contributed by atoms with Crippen molar-refractivity contribution in [2.45, 2.75) is 31.3 Å². The van der Waals surface area contributed by atoms with Crippen LogP contribution in [0.15, 0.2) is 60.3 Å². The van der Waals surface area contributed by atoms with E-state index in [0.29, 0.717) is 0 Å². The van der Waals surface area contributed by atoms with Crippen LogP contribution in [-0.2, 0) is 13.1 Å². The van der Waals surface area contributed by atoms with Gasteiger partial charge in [0, 0.05) is 41.8 Å². The van der Waals surface area contributed by atoms with Crippen LogP contribution in [0, 0.1) is 0 Å². The molecule has 0 aliphatic rings. The van der Waals surface area contributed by atoms with Gasteiger partial charge in [0.15, 0.2) is 0 Å². The van der Waals surface area contributed by atoms with Gasteiger partial charge in [-0.2, -0.15) is 0 Å². The number of para-hydroxylation sites is 1. The predicted molar refractivity (Wildman–Crippen MR) is 89.4 cm³/mol. The van der Waals surface area contributed by atoms with E-state index < -0.39 is 0 Å². The second-order valence-electron chi connectivity index (χ2n) is 4.71. The van der Waals surface area contributed by atoms with Gasteiger partial charge in [-0.1, -0.05) is 25.1 Å². The second kappa shape index (κ2) is 7.85. The number of anilines is 1. The molecule has 0 bridgehead atoms. The Balaban J connectivity index is 1.97. The molecule has 2 aromatic rings. The summed E-state index contributed by atoms with van der Waals surface area (Å²) < 4.78 is 2.25. The molecule has 0 fully saturated rings. The van der Waals surface area contributed by atoms with Gasteiger partial charge in [-0.15, -0.1) is 18.3 Å². The monoisotopic (exact) mass is 286 g/mol. The standard InChI is InChI=1S/C17H22N2S/c1-3-10-19-11-9-15(14-19)13-18-16-7-5-6-8-17(16)20-12-4-2/h4-9,11,14,18H,2-3,10,12-13H2,1H3. The van der Waals surface area contributed by atoms with Gasteiger partial charge < -0.3 is 9.88 Å². The summed E-state index contributed by atoms with van der Waals surface area (Å²) in [6, 6.07) is 10.6. The highest BCUT2D eigenvalue weighted by Gasteiger charge is 2.02. The van der Waals surface area contributed by atoms with Gasteiger partial charge in [0.05, 0.1) is 0 Å². The third-order valence-electron chi connectivity index (χ3n) is 3.02. The molecule has 0 amide bonds. The minimum Gasteiger partial charge on any atom is -0.380 e. The number of aromatic nitrogens is 1. The molecule has 106 valence electrons. The number of aryl methyl sites for hydroxylation is 1. The summed E-state index contributed by atoms with van der Waals surface area (Å²) in [7, 11) is 0. The summed E-state index contributed by atoms with van der Waals surface area (Å²) in [6.07, 6.45) is 7.48. The maximum absolute atomic E-state index is 3.78. The van der Waals surface area contributed by atoms with E-state index in [9.17, 15) is 0 Å². The lowest BCUT2D eigenvalue weighted by Gasteiger charge is -2.10. The van der Waals surface area contributed by atoms with Crippen LogP contribution in [0.4, 0.5) is 5.69 Å². The summed E-state index contributed by atoms with van der Waals surface area (Å²) in [5.74, 6) is 0.936. The van der Waals surface area contributed by atoms with Gasteiger partial charge in [-0.05, 0) is 30.2 Å². The molecule has 3 heteroatoms. The van der Waals surface area contributed by atoms with Crippen molar-refractivity contribution < 1.29 is 0 Å². The Morgan fingerprint density at radius 1 is 1.30 bits per heavy atom. The van der Waals surface area contributed by atoms with Crippen molar-refractivity contribution in [3.8, 4) is 0 Å². The maximum Gasteiger partial charge on any atom is 0.0481 e. The second-order valence-corrected chi connectivity index (χ2v) is 5.77. The number of nitrogens with zero attached hydrogens (tertiary/aromatic N) is 1. The molecule has 0 radical (unpaired) electrons. The Morgan fingerprint density at radius 3 is 2.95 bits per heavy atom. The molecular formula is C17H22N2S. The first-order valence-corrected chi connectivity index (χ1v) is 8.03. The fraction of sp³-hybridized carbons (Fsp3) is 0.294. The first-order valence-electron chi connectivity index (χ1n) is 7.04. The Labute approximate surface area is 125 Å². The number of nitrogens with one attached hydrogen (secondary N) is 1. The number of hydrogen-bond donors (Lipinski definition) is 1. The van der Waals surface area contributed by atoms with Crippen molar-refractivity contribution in [1.29, 1.82) is 0 Å². The molecule has 2 nitrogen and oxygen atoms in total. The van der Waals surface area contributed by atoms with Gasteiger partial charge in [0.1, 0.15) is 0 Å². The highest BCUT2D eigenvalue weighted by atomic mass is 32.2. The predicted octanol–water partition coefficient (Wildman–Crippen LogP) is 4.79. The van der Waals surface area contributed by atoms with Crippen LogP contribution >= 0.6 is 11.8 Å². The van der Waals surface area contributed by atoms with E-state index in [2.05, 4.69) is 66.1 Å². The fourth-order valence-corrected chi connectivity index (χ4v) is 2.84. The van der Waals surface area contributed by atoms with Crippen LogP contribution < -0.4 is 5.32 Å². The van der Waals surface area contributed by atoms with Gasteiger partial charge in [-0.3, -0.25) is 0 Å². The molecule has 0 saturated carbocycles. The lowest BCUT2D eigenvalue weighted by atomic mass is 10.3. The lowest BCUT2D eigenvalue weighted by molar-refractivity contribution is 0.681. The topological polar surface area (TPSA) is 17.0 Å². The van der Waals surface area contributed by atoms with Gasteiger partial charge in [0.25, 0.3) is 0 Å². The zero-order chi connectivity index (χ0) is 14.2. The summed E-state index contributed by atoms with van der Waals surface area (Å²) >= 11 is 1.81. The van der Waals surface area contributed by atoms with E-state index in [1.54, 1.807) is 0 Å². The quantitative estimate of drug-likeness (QED) is 0.555. The first kappa shape index (κ1) is 14.8. The van der Waals surface area contributed by atoms with E-state index in [4.69, 9.17) is 0 Å². The minimum absolute atomic E-state index is 0.863. The molecule has 0 aliphatic heterocycles. The molecule has 0 atom stereocenters. The number of benzene rings is 1. The Morgan fingerprint density at radius 2 is 2.15 bits per heavy atom. The summed E-state index contributed by atoms with van der Waals surface area (Å²) in [5.41, 5.74) is 2.52. The average Bonchev–Trinajstić information content (AvgIpc) is 2.92. The van der Waals surface area contributed by atoms with Crippen LogP contribution in [-0.4, -0.2) is 10.3 Å². The molecule has 0 unspecified atom stereocenters. The summed E-state index contributed by atoms with van der Waals surface area (Å²) in [6.45, 7) is 7.93. The van der Waals surface area contributed by atoms with Crippen LogP contribution in [0.5, 0.6) is 0 Å². The van der Waals surface area contributed by atoms with E-state index in [-0.39, 0.29) is 0 Å². The largest absolute Gasteiger partial charge is 0.380 e. The van der Waals surface area contributed by atoms with E-state index >= 15 is 0 Å². The molecule has 1 aromatic heterocycles. The molecule has 0 spiro atoms. The number of rotatable bonds is 8. The third-order valence-corrected chi connectivity index (χ3v) is 4.09. The van der Waals surface area contributed by atoms with E-state index in [1.807, 2.05) is 17.8 Å². The normalized spacial score (nSPS) is 10.4. The van der Waals surface area contributed by atoms with Crippen molar-refractivity contribution in [2.75, 3.05) is 11.1 Å². The molecule has 0 saturated heterocycles. The molecular weight excluding hydrogens is 264 g/mol.